The number of nitrogens with zero attached hydrogens (tertiary/aromatic N) is 2. The van der Waals surface area contributed by atoms with Gasteiger partial charge in [-0.25, -0.2) is 18.5 Å². The van der Waals surface area contributed by atoms with Gasteiger partial charge in [0, 0.05) is 17.1 Å². The monoisotopic (exact) mass is 484 g/mol. The Balaban J connectivity index is 1.55. The Morgan fingerprint density at radius 2 is 1.82 bits per heavy atom. The van der Waals surface area contributed by atoms with Crippen molar-refractivity contribution >= 4 is 41.2 Å². The second-order valence-electron chi connectivity index (χ2n) is 7.67. The third-order valence-electron chi connectivity index (χ3n) is 5.34. The van der Waals surface area contributed by atoms with Crippen molar-refractivity contribution in [1.29, 1.82) is 0 Å². The highest BCUT2D eigenvalue weighted by Crippen LogP contribution is 2.26. The number of hydrogen-bond acceptors (Lipinski definition) is 3. The summed E-state index contributed by atoms with van der Waals surface area (Å²) in [5.74, 6) is -2.58. The number of hydrogen-bond donors (Lipinski definition) is 2. The Morgan fingerprint density at radius 3 is 2.53 bits per heavy atom. The molecular weight excluding hydrogens is 466 g/mol. The highest BCUT2D eigenvalue weighted by Gasteiger charge is 2.35. The molecule has 1 saturated heterocycles. The van der Waals surface area contributed by atoms with Crippen LogP contribution >= 0.6 is 11.6 Å². The molecule has 174 valence electrons. The van der Waals surface area contributed by atoms with Gasteiger partial charge in [0.2, 0.25) is 5.91 Å². The lowest BCUT2D eigenvalue weighted by Gasteiger charge is -2.12. The smallest absolute Gasteiger partial charge is 0.322 e. The number of para-hydroxylation sites is 1. The van der Waals surface area contributed by atoms with Gasteiger partial charge in [0.1, 0.15) is 23.9 Å². The third-order valence-corrected chi connectivity index (χ3v) is 5.63. The molecule has 1 fully saturated rings. The highest BCUT2D eigenvalue weighted by atomic mass is 35.5. The summed E-state index contributed by atoms with van der Waals surface area (Å²) in [7, 11) is 0. The van der Waals surface area contributed by atoms with Gasteiger partial charge in [0.25, 0.3) is 5.91 Å². The lowest BCUT2D eigenvalue weighted by Crippen LogP contribution is -2.38. The SMILES string of the molecule is Cc1cc(/C=C2/NC(=O)N(CC(=O)Nc3ccccc3F)C2=O)c(C)n1-c1ccc(F)c(Cl)c1. The van der Waals surface area contributed by atoms with Crippen LogP contribution < -0.4 is 10.6 Å². The van der Waals surface area contributed by atoms with Crippen LogP contribution in [0.5, 0.6) is 0 Å². The molecule has 0 saturated carbocycles. The maximum Gasteiger partial charge on any atom is 0.329 e. The number of imide groups is 1. The summed E-state index contributed by atoms with van der Waals surface area (Å²) >= 11 is 5.91. The van der Waals surface area contributed by atoms with E-state index < -0.39 is 36.0 Å². The van der Waals surface area contributed by atoms with E-state index in [0.717, 1.165) is 16.3 Å². The predicted molar refractivity (Wildman–Crippen MR) is 123 cm³/mol. The van der Waals surface area contributed by atoms with E-state index in [1.54, 1.807) is 25.1 Å². The zero-order valence-electron chi connectivity index (χ0n) is 18.2. The van der Waals surface area contributed by atoms with Crippen LogP contribution in [0.25, 0.3) is 11.8 Å². The fourth-order valence-electron chi connectivity index (χ4n) is 3.72. The average molecular weight is 485 g/mol. The summed E-state index contributed by atoms with van der Waals surface area (Å²) in [6.07, 6.45) is 1.50. The van der Waals surface area contributed by atoms with Crippen molar-refractivity contribution in [2.24, 2.45) is 0 Å². The fraction of sp³-hybridized carbons (Fsp3) is 0.125. The third kappa shape index (κ3) is 4.42. The molecule has 1 aromatic heterocycles. The number of carbonyl (C=O) groups excluding carboxylic acids is 3. The summed E-state index contributed by atoms with van der Waals surface area (Å²) in [6.45, 7) is 3.06. The van der Waals surface area contributed by atoms with E-state index in [9.17, 15) is 23.2 Å². The van der Waals surface area contributed by atoms with E-state index in [1.807, 2.05) is 11.5 Å². The number of aryl methyl sites for hydroxylation is 1. The minimum atomic E-state index is -0.765. The number of benzene rings is 2. The van der Waals surface area contributed by atoms with Gasteiger partial charge in [0.15, 0.2) is 0 Å². The molecule has 0 radical (unpaired) electrons. The quantitative estimate of drug-likeness (QED) is 0.411. The first-order chi connectivity index (χ1) is 16.2. The minimum Gasteiger partial charge on any atom is -0.322 e. The molecule has 4 amide bonds. The number of carbonyl (C=O) groups is 3. The summed E-state index contributed by atoms with van der Waals surface area (Å²) in [6, 6.07) is 10.9. The van der Waals surface area contributed by atoms with Crippen molar-refractivity contribution in [3.05, 3.63) is 87.8 Å². The van der Waals surface area contributed by atoms with Gasteiger partial charge in [-0.15, -0.1) is 0 Å². The second-order valence-corrected chi connectivity index (χ2v) is 8.07. The average Bonchev–Trinajstić information content (AvgIpc) is 3.21. The molecule has 0 unspecified atom stereocenters. The maximum atomic E-state index is 13.7. The molecule has 2 N–H and O–H groups in total. The molecule has 0 spiro atoms. The fourth-order valence-corrected chi connectivity index (χ4v) is 3.90. The van der Waals surface area contributed by atoms with Gasteiger partial charge < -0.3 is 15.2 Å². The summed E-state index contributed by atoms with van der Waals surface area (Å²) in [5.41, 5.74) is 2.73. The molecule has 1 aliphatic rings. The van der Waals surface area contributed by atoms with Crippen LogP contribution in [0.1, 0.15) is 17.0 Å². The van der Waals surface area contributed by atoms with E-state index in [0.29, 0.717) is 11.3 Å². The Labute approximate surface area is 198 Å². The van der Waals surface area contributed by atoms with Crippen LogP contribution in [0.2, 0.25) is 5.02 Å². The zero-order chi connectivity index (χ0) is 24.6. The summed E-state index contributed by atoms with van der Waals surface area (Å²) in [4.78, 5) is 38.1. The number of rotatable bonds is 5. The van der Waals surface area contributed by atoms with Crippen LogP contribution in [0.4, 0.5) is 19.3 Å². The van der Waals surface area contributed by atoms with Gasteiger partial charge in [-0.2, -0.15) is 0 Å². The molecule has 0 aliphatic carbocycles. The Kier molecular flexibility index (Phi) is 6.21. The molecule has 1 aliphatic heterocycles. The van der Waals surface area contributed by atoms with Crippen molar-refractivity contribution < 1.29 is 23.2 Å². The van der Waals surface area contributed by atoms with E-state index in [4.69, 9.17) is 11.6 Å². The van der Waals surface area contributed by atoms with Crippen LogP contribution in [-0.2, 0) is 9.59 Å². The minimum absolute atomic E-state index is 0.0129. The summed E-state index contributed by atoms with van der Waals surface area (Å²) in [5, 5.41) is 4.78. The van der Waals surface area contributed by atoms with Crippen molar-refractivity contribution in [3.8, 4) is 5.69 Å². The number of anilines is 1. The number of urea groups is 1. The van der Waals surface area contributed by atoms with E-state index in [2.05, 4.69) is 10.6 Å². The number of nitrogens with one attached hydrogen (secondary N) is 2. The van der Waals surface area contributed by atoms with Crippen molar-refractivity contribution in [2.45, 2.75) is 13.8 Å². The molecular formula is C24H19ClF2N4O3. The van der Waals surface area contributed by atoms with Crippen LogP contribution in [0.3, 0.4) is 0 Å². The lowest BCUT2D eigenvalue weighted by molar-refractivity contribution is -0.127. The number of amides is 4. The van der Waals surface area contributed by atoms with Gasteiger partial charge in [-0.1, -0.05) is 23.7 Å². The van der Waals surface area contributed by atoms with Crippen LogP contribution in [0, 0.1) is 25.5 Å². The molecule has 2 heterocycles. The molecule has 0 atom stereocenters. The molecule has 3 aromatic rings. The molecule has 2 aromatic carbocycles. The largest absolute Gasteiger partial charge is 0.329 e. The molecule has 34 heavy (non-hydrogen) atoms. The molecule has 0 bridgehead atoms. The van der Waals surface area contributed by atoms with Crippen LogP contribution in [-0.4, -0.2) is 33.9 Å². The van der Waals surface area contributed by atoms with Gasteiger partial charge in [0.05, 0.1) is 10.7 Å². The number of halogens is 3. The first kappa shape index (κ1) is 23.2. The van der Waals surface area contributed by atoms with E-state index in [1.165, 1.54) is 36.4 Å². The van der Waals surface area contributed by atoms with Crippen molar-refractivity contribution in [1.82, 2.24) is 14.8 Å². The lowest BCUT2D eigenvalue weighted by atomic mass is 10.2. The van der Waals surface area contributed by atoms with Gasteiger partial charge in [-0.3, -0.25) is 9.59 Å². The standard InChI is InChI=1S/C24H19ClF2N4O3/c1-13-9-15(14(2)31(13)16-7-8-18(26)17(25)11-16)10-21-23(33)30(24(34)29-21)12-22(32)28-20-6-4-3-5-19(20)27/h3-11H,12H2,1-2H3,(H,28,32)(H,29,34)/b21-10+. The Bertz CT molecular complexity index is 1370. The van der Waals surface area contributed by atoms with Crippen LogP contribution in [0.15, 0.2) is 54.2 Å². The Morgan fingerprint density at radius 1 is 1.09 bits per heavy atom. The van der Waals surface area contributed by atoms with Crippen molar-refractivity contribution in [2.75, 3.05) is 11.9 Å². The highest BCUT2D eigenvalue weighted by molar-refractivity contribution is 6.30. The first-order valence-electron chi connectivity index (χ1n) is 10.2. The van der Waals surface area contributed by atoms with E-state index in [-0.39, 0.29) is 16.4 Å². The predicted octanol–water partition coefficient (Wildman–Crippen LogP) is 4.56. The Hall–Kier alpha value is -3.98. The zero-order valence-corrected chi connectivity index (χ0v) is 18.9. The normalized spacial score (nSPS) is 14.6. The van der Waals surface area contributed by atoms with E-state index >= 15 is 0 Å². The summed E-state index contributed by atoms with van der Waals surface area (Å²) < 4.78 is 29.1. The molecule has 10 heteroatoms. The number of aromatic nitrogens is 1. The van der Waals surface area contributed by atoms with Crippen molar-refractivity contribution in [3.63, 3.8) is 0 Å². The van der Waals surface area contributed by atoms with Gasteiger partial charge >= 0.3 is 6.03 Å². The first-order valence-corrected chi connectivity index (χ1v) is 10.6. The van der Waals surface area contributed by atoms with Gasteiger partial charge in [-0.05, 0) is 61.9 Å². The maximum absolute atomic E-state index is 13.7. The molecule has 7 nitrogen and oxygen atoms in total. The molecule has 4 rings (SSSR count). The topological polar surface area (TPSA) is 83.4 Å². The second kappa shape index (κ2) is 9.11.